The molecule has 0 aliphatic rings. The van der Waals surface area contributed by atoms with E-state index >= 15 is 0 Å². The summed E-state index contributed by atoms with van der Waals surface area (Å²) in [7, 11) is 1.25. The molecule has 29 heavy (non-hydrogen) atoms. The Bertz CT molecular complexity index is 1010. The quantitative estimate of drug-likeness (QED) is 0.590. The molecule has 0 bridgehead atoms. The molecule has 148 valence electrons. The van der Waals surface area contributed by atoms with E-state index in [0.29, 0.717) is 12.1 Å². The molecule has 0 saturated carbocycles. The molecule has 0 atom stereocenters. The van der Waals surface area contributed by atoms with E-state index in [-0.39, 0.29) is 23.7 Å². The molecule has 0 aliphatic heterocycles. The van der Waals surface area contributed by atoms with Crippen LogP contribution in [-0.2, 0) is 16.0 Å². The summed E-state index contributed by atoms with van der Waals surface area (Å²) in [6.45, 7) is -0.152. The maximum Gasteiger partial charge on any atom is 0.337 e. The van der Waals surface area contributed by atoms with Crippen LogP contribution >= 0.6 is 0 Å². The minimum Gasteiger partial charge on any atom is -0.465 e. The van der Waals surface area contributed by atoms with Crippen molar-refractivity contribution in [3.8, 4) is 0 Å². The number of ether oxygens (including phenoxy) is 1. The van der Waals surface area contributed by atoms with Crippen LogP contribution in [0.1, 0.15) is 21.5 Å². The minimum atomic E-state index is -0.577. The summed E-state index contributed by atoms with van der Waals surface area (Å²) in [4.78, 5) is 24.0. The third-order valence-electron chi connectivity index (χ3n) is 4.36. The zero-order chi connectivity index (χ0) is 20.6. The Morgan fingerprint density at radius 3 is 2.41 bits per heavy atom. The third kappa shape index (κ3) is 5.42. The Morgan fingerprint density at radius 1 is 0.931 bits per heavy atom. The van der Waals surface area contributed by atoms with Crippen molar-refractivity contribution < 1.29 is 18.7 Å². The number of benzene rings is 3. The number of para-hydroxylation sites is 1. The molecule has 0 unspecified atom stereocenters. The van der Waals surface area contributed by atoms with E-state index in [0.717, 1.165) is 17.2 Å². The van der Waals surface area contributed by atoms with E-state index in [4.69, 9.17) is 0 Å². The number of halogens is 1. The third-order valence-corrected chi connectivity index (χ3v) is 4.36. The molecule has 0 spiro atoms. The van der Waals surface area contributed by atoms with Gasteiger partial charge in [0.05, 0.1) is 24.9 Å². The highest BCUT2D eigenvalue weighted by Crippen LogP contribution is 2.20. The second-order valence-electron chi connectivity index (χ2n) is 6.41. The van der Waals surface area contributed by atoms with E-state index in [9.17, 15) is 14.0 Å². The van der Waals surface area contributed by atoms with Gasteiger partial charge in [0.15, 0.2) is 0 Å². The van der Waals surface area contributed by atoms with Crippen molar-refractivity contribution in [2.24, 2.45) is 0 Å². The summed E-state index contributed by atoms with van der Waals surface area (Å²) in [6.07, 6.45) is 0.681. The Hall–Kier alpha value is -3.67. The number of anilines is 2. The van der Waals surface area contributed by atoms with Crippen molar-refractivity contribution in [3.63, 3.8) is 0 Å². The van der Waals surface area contributed by atoms with Crippen LogP contribution in [0.15, 0.2) is 72.8 Å². The van der Waals surface area contributed by atoms with E-state index in [1.54, 1.807) is 0 Å². The van der Waals surface area contributed by atoms with Gasteiger partial charge in [0.25, 0.3) is 0 Å². The van der Waals surface area contributed by atoms with Crippen molar-refractivity contribution in [2.45, 2.75) is 6.42 Å². The van der Waals surface area contributed by atoms with Crippen LogP contribution in [-0.4, -0.2) is 25.5 Å². The normalized spacial score (nSPS) is 10.3. The predicted molar refractivity (Wildman–Crippen MR) is 111 cm³/mol. The van der Waals surface area contributed by atoms with Gasteiger partial charge in [-0.15, -0.1) is 0 Å². The maximum absolute atomic E-state index is 14.0. The van der Waals surface area contributed by atoms with Gasteiger partial charge in [-0.25, -0.2) is 9.18 Å². The first kappa shape index (κ1) is 20.1. The first-order chi connectivity index (χ1) is 14.1. The topological polar surface area (TPSA) is 67.4 Å². The van der Waals surface area contributed by atoms with E-state index in [2.05, 4.69) is 15.4 Å². The van der Waals surface area contributed by atoms with Gasteiger partial charge in [0, 0.05) is 5.69 Å². The number of rotatable bonds is 7. The van der Waals surface area contributed by atoms with Gasteiger partial charge in [0.2, 0.25) is 5.91 Å². The molecule has 3 aromatic carbocycles. The molecule has 2 N–H and O–H groups in total. The van der Waals surface area contributed by atoms with Gasteiger partial charge in [-0.2, -0.15) is 0 Å². The Balaban J connectivity index is 1.65. The molecule has 0 saturated heterocycles. The average molecular weight is 392 g/mol. The van der Waals surface area contributed by atoms with Gasteiger partial charge >= 0.3 is 5.97 Å². The fourth-order valence-electron chi connectivity index (χ4n) is 2.89. The van der Waals surface area contributed by atoms with Gasteiger partial charge in [-0.1, -0.05) is 48.5 Å². The highest BCUT2D eigenvalue weighted by Gasteiger charge is 2.12. The Kier molecular flexibility index (Phi) is 6.58. The lowest BCUT2D eigenvalue weighted by Crippen LogP contribution is -2.23. The van der Waals surface area contributed by atoms with Crippen molar-refractivity contribution in [2.75, 3.05) is 24.3 Å². The number of hydrogen-bond donors (Lipinski definition) is 2. The number of carbonyl (C=O) groups is 2. The lowest BCUT2D eigenvalue weighted by atomic mass is 10.0. The van der Waals surface area contributed by atoms with Crippen molar-refractivity contribution in [3.05, 3.63) is 95.3 Å². The number of amides is 1. The van der Waals surface area contributed by atoms with Gasteiger partial charge in [-0.05, 0) is 41.8 Å². The molecule has 0 fully saturated rings. The molecule has 3 rings (SSSR count). The Morgan fingerprint density at radius 2 is 1.66 bits per heavy atom. The van der Waals surface area contributed by atoms with Crippen LogP contribution in [0.3, 0.4) is 0 Å². The molecule has 0 aliphatic carbocycles. The minimum absolute atomic E-state index is 0.0561. The first-order valence-corrected chi connectivity index (χ1v) is 9.10. The molecular weight excluding hydrogens is 371 g/mol. The second kappa shape index (κ2) is 9.50. The molecular formula is C23H21FN2O3. The fourth-order valence-corrected chi connectivity index (χ4v) is 2.89. The SMILES string of the molecule is COC(=O)c1ccc(F)c(NCC(=O)Nc2ccccc2Cc2ccccc2)c1. The van der Waals surface area contributed by atoms with Crippen LogP contribution in [0, 0.1) is 5.82 Å². The number of esters is 1. The number of hydrogen-bond acceptors (Lipinski definition) is 4. The van der Waals surface area contributed by atoms with Gasteiger partial charge in [-0.3, -0.25) is 4.79 Å². The standard InChI is InChI=1S/C23H21FN2O3/c1-29-23(28)18-11-12-19(24)21(14-18)25-15-22(27)26-20-10-6-5-9-17(20)13-16-7-3-2-4-8-16/h2-12,14,25H,13,15H2,1H3,(H,26,27). The largest absolute Gasteiger partial charge is 0.465 e. The van der Waals surface area contributed by atoms with Crippen molar-refractivity contribution >= 4 is 23.3 Å². The summed E-state index contributed by atoms with van der Waals surface area (Å²) >= 11 is 0. The zero-order valence-corrected chi connectivity index (χ0v) is 15.9. The van der Waals surface area contributed by atoms with Gasteiger partial charge in [0.1, 0.15) is 5.82 Å². The Labute approximate surface area is 168 Å². The molecule has 0 aromatic heterocycles. The smallest absolute Gasteiger partial charge is 0.337 e. The molecule has 0 heterocycles. The summed E-state index contributed by atoms with van der Waals surface area (Å²) in [5.74, 6) is -1.46. The van der Waals surface area contributed by atoms with Crippen LogP contribution in [0.5, 0.6) is 0 Å². The predicted octanol–water partition coefficient (Wildman–Crippen LogP) is 4.25. The summed E-state index contributed by atoms with van der Waals surface area (Å²) in [5, 5.41) is 5.58. The van der Waals surface area contributed by atoms with Crippen LogP contribution in [0.4, 0.5) is 15.8 Å². The van der Waals surface area contributed by atoms with Crippen LogP contribution < -0.4 is 10.6 Å². The summed E-state index contributed by atoms with van der Waals surface area (Å²) < 4.78 is 18.6. The van der Waals surface area contributed by atoms with E-state index in [1.165, 1.54) is 19.2 Å². The number of methoxy groups -OCH3 is 1. The molecule has 6 heteroatoms. The second-order valence-corrected chi connectivity index (χ2v) is 6.41. The van der Waals surface area contributed by atoms with E-state index in [1.807, 2.05) is 54.6 Å². The lowest BCUT2D eigenvalue weighted by Gasteiger charge is -2.13. The average Bonchev–Trinajstić information content (AvgIpc) is 2.74. The molecule has 5 nitrogen and oxygen atoms in total. The van der Waals surface area contributed by atoms with Crippen molar-refractivity contribution in [1.29, 1.82) is 0 Å². The molecule has 0 radical (unpaired) electrons. The van der Waals surface area contributed by atoms with Gasteiger partial charge < -0.3 is 15.4 Å². The van der Waals surface area contributed by atoms with Crippen LogP contribution in [0.25, 0.3) is 0 Å². The molecule has 1 amide bonds. The first-order valence-electron chi connectivity index (χ1n) is 9.10. The zero-order valence-electron chi connectivity index (χ0n) is 15.9. The lowest BCUT2D eigenvalue weighted by molar-refractivity contribution is -0.114. The fraction of sp³-hybridized carbons (Fsp3) is 0.130. The number of carbonyl (C=O) groups excluding carboxylic acids is 2. The summed E-state index contributed by atoms with van der Waals surface area (Å²) in [6, 6.07) is 21.3. The maximum atomic E-state index is 14.0. The molecule has 3 aromatic rings. The summed E-state index contributed by atoms with van der Waals surface area (Å²) in [5.41, 5.74) is 3.07. The number of nitrogens with one attached hydrogen (secondary N) is 2. The highest BCUT2D eigenvalue weighted by molar-refractivity contribution is 5.95. The van der Waals surface area contributed by atoms with Crippen molar-refractivity contribution in [1.82, 2.24) is 0 Å². The highest BCUT2D eigenvalue weighted by atomic mass is 19.1. The van der Waals surface area contributed by atoms with E-state index < -0.39 is 11.8 Å². The monoisotopic (exact) mass is 392 g/mol. The van der Waals surface area contributed by atoms with Crippen LogP contribution in [0.2, 0.25) is 0 Å².